The second-order valence-corrected chi connectivity index (χ2v) is 3.64. The quantitative estimate of drug-likeness (QED) is 0.413. The van der Waals surface area contributed by atoms with Crippen LogP contribution in [0, 0.1) is 11.8 Å². The lowest BCUT2D eigenvalue weighted by Crippen LogP contribution is -2.14. The predicted octanol–water partition coefficient (Wildman–Crippen LogP) is 2.66. The van der Waals surface area contributed by atoms with Crippen LogP contribution in [0.4, 0.5) is 0 Å². The summed E-state index contributed by atoms with van der Waals surface area (Å²) in [6, 6.07) is 0. The number of allylic oxidation sites excluding steroid dienone is 4. The molecule has 0 aliphatic heterocycles. The van der Waals surface area contributed by atoms with Gasteiger partial charge in [0.2, 0.25) is 0 Å². The summed E-state index contributed by atoms with van der Waals surface area (Å²) in [6.45, 7) is 1.86. The minimum Gasteiger partial charge on any atom is -0.105 e. The fourth-order valence-corrected chi connectivity index (χ4v) is 1.43. The zero-order chi connectivity index (χ0) is 7.45. The molecule has 1 atom stereocenters. The minimum atomic E-state index is -0.0868. The SMILES string of the molecule is CC#CC1(Br)C=CC=CC1. The van der Waals surface area contributed by atoms with Crippen molar-refractivity contribution in [3.63, 3.8) is 0 Å². The summed E-state index contributed by atoms with van der Waals surface area (Å²) in [5.41, 5.74) is 0. The topological polar surface area (TPSA) is 0 Å². The van der Waals surface area contributed by atoms with Crippen LogP contribution in [-0.2, 0) is 0 Å². The summed E-state index contributed by atoms with van der Waals surface area (Å²) >= 11 is 3.54. The summed E-state index contributed by atoms with van der Waals surface area (Å²) in [7, 11) is 0. The monoisotopic (exact) mass is 196 g/mol. The Morgan fingerprint density at radius 1 is 1.50 bits per heavy atom. The van der Waals surface area contributed by atoms with Crippen molar-refractivity contribution in [1.29, 1.82) is 0 Å². The van der Waals surface area contributed by atoms with E-state index in [2.05, 4.69) is 39.9 Å². The van der Waals surface area contributed by atoms with Crippen molar-refractivity contribution < 1.29 is 0 Å². The van der Waals surface area contributed by atoms with Crippen molar-refractivity contribution in [2.24, 2.45) is 0 Å². The molecule has 0 fully saturated rings. The maximum absolute atomic E-state index is 3.54. The summed E-state index contributed by atoms with van der Waals surface area (Å²) in [6.07, 6.45) is 9.20. The summed E-state index contributed by atoms with van der Waals surface area (Å²) < 4.78 is -0.0868. The van der Waals surface area contributed by atoms with Gasteiger partial charge >= 0.3 is 0 Å². The molecule has 0 saturated carbocycles. The lowest BCUT2D eigenvalue weighted by atomic mass is 10.0. The van der Waals surface area contributed by atoms with E-state index in [1.165, 1.54) is 0 Å². The maximum atomic E-state index is 3.54. The molecule has 0 aromatic carbocycles. The van der Waals surface area contributed by atoms with Gasteiger partial charge in [-0.05, 0) is 13.3 Å². The van der Waals surface area contributed by atoms with E-state index in [0.29, 0.717) is 0 Å². The Morgan fingerprint density at radius 3 is 2.80 bits per heavy atom. The van der Waals surface area contributed by atoms with E-state index >= 15 is 0 Å². The fourth-order valence-electron chi connectivity index (χ4n) is 0.895. The highest BCUT2D eigenvalue weighted by Crippen LogP contribution is 2.26. The van der Waals surface area contributed by atoms with Crippen LogP contribution < -0.4 is 0 Å². The number of halogens is 1. The van der Waals surface area contributed by atoms with E-state index in [-0.39, 0.29) is 4.32 Å². The lowest BCUT2D eigenvalue weighted by molar-refractivity contribution is 0.930. The van der Waals surface area contributed by atoms with Gasteiger partial charge in [0.25, 0.3) is 0 Å². The first-order chi connectivity index (χ1) is 4.77. The van der Waals surface area contributed by atoms with Crippen LogP contribution in [0.5, 0.6) is 0 Å². The Balaban J connectivity index is 2.77. The molecular formula is C9H9Br. The van der Waals surface area contributed by atoms with Crippen molar-refractivity contribution in [2.45, 2.75) is 17.7 Å². The van der Waals surface area contributed by atoms with Crippen molar-refractivity contribution in [1.82, 2.24) is 0 Å². The molecule has 1 rings (SSSR count). The molecule has 0 amide bonds. The van der Waals surface area contributed by atoms with E-state index in [1.807, 2.05) is 19.1 Å². The van der Waals surface area contributed by atoms with E-state index in [1.54, 1.807) is 0 Å². The highest BCUT2D eigenvalue weighted by Gasteiger charge is 2.18. The summed E-state index contributed by atoms with van der Waals surface area (Å²) in [4.78, 5) is 0. The number of hydrogen-bond acceptors (Lipinski definition) is 0. The molecule has 1 aliphatic carbocycles. The van der Waals surface area contributed by atoms with Gasteiger partial charge in [-0.15, -0.1) is 5.92 Å². The van der Waals surface area contributed by atoms with Crippen LogP contribution in [0.15, 0.2) is 24.3 Å². The highest BCUT2D eigenvalue weighted by atomic mass is 79.9. The molecule has 0 radical (unpaired) electrons. The zero-order valence-corrected chi connectivity index (χ0v) is 7.48. The number of alkyl halides is 1. The third-order valence-corrected chi connectivity index (χ3v) is 2.14. The van der Waals surface area contributed by atoms with Crippen LogP contribution in [0.3, 0.4) is 0 Å². The predicted molar refractivity (Wildman–Crippen MR) is 48.0 cm³/mol. The first-order valence-electron chi connectivity index (χ1n) is 3.24. The van der Waals surface area contributed by atoms with E-state index in [0.717, 1.165) is 6.42 Å². The molecule has 1 aliphatic rings. The van der Waals surface area contributed by atoms with E-state index < -0.39 is 0 Å². The van der Waals surface area contributed by atoms with Crippen molar-refractivity contribution in [3.8, 4) is 11.8 Å². The second kappa shape index (κ2) is 3.07. The minimum absolute atomic E-state index is 0.0868. The normalized spacial score (nSPS) is 29.4. The fraction of sp³-hybridized carbons (Fsp3) is 0.333. The van der Waals surface area contributed by atoms with Crippen molar-refractivity contribution in [3.05, 3.63) is 24.3 Å². The van der Waals surface area contributed by atoms with Crippen LogP contribution in [0.1, 0.15) is 13.3 Å². The third-order valence-electron chi connectivity index (χ3n) is 1.36. The van der Waals surface area contributed by atoms with Crippen LogP contribution in [0.25, 0.3) is 0 Å². The first-order valence-corrected chi connectivity index (χ1v) is 4.03. The average molecular weight is 197 g/mol. The van der Waals surface area contributed by atoms with Gasteiger partial charge < -0.3 is 0 Å². The standard InChI is InChI=1S/C9H9Br/c1-2-6-9(10)7-4-3-5-8-9/h3-5,7H,8H2,1H3. The van der Waals surface area contributed by atoms with Gasteiger partial charge in [0.05, 0.1) is 0 Å². The molecule has 1 unspecified atom stereocenters. The Labute approximate surface area is 70.1 Å². The van der Waals surface area contributed by atoms with E-state index in [9.17, 15) is 0 Å². The molecule has 10 heavy (non-hydrogen) atoms. The van der Waals surface area contributed by atoms with Gasteiger partial charge in [-0.2, -0.15) is 0 Å². The van der Waals surface area contributed by atoms with Crippen LogP contribution in [0.2, 0.25) is 0 Å². The third kappa shape index (κ3) is 1.75. The molecule has 0 aromatic heterocycles. The Hall–Kier alpha value is -0.480. The van der Waals surface area contributed by atoms with Gasteiger partial charge in [0, 0.05) is 0 Å². The Bertz CT molecular complexity index is 227. The number of hydrogen-bond donors (Lipinski definition) is 0. The van der Waals surface area contributed by atoms with Gasteiger partial charge in [-0.1, -0.05) is 46.2 Å². The average Bonchev–Trinajstić information content (AvgIpc) is 1.89. The van der Waals surface area contributed by atoms with Gasteiger partial charge in [0.1, 0.15) is 4.32 Å². The van der Waals surface area contributed by atoms with Crippen molar-refractivity contribution in [2.75, 3.05) is 0 Å². The van der Waals surface area contributed by atoms with Crippen LogP contribution >= 0.6 is 15.9 Å². The second-order valence-electron chi connectivity index (χ2n) is 2.23. The maximum Gasteiger partial charge on any atom is 0.108 e. The molecule has 0 saturated heterocycles. The van der Waals surface area contributed by atoms with Crippen LogP contribution in [-0.4, -0.2) is 4.32 Å². The molecular weight excluding hydrogens is 188 g/mol. The van der Waals surface area contributed by atoms with Gasteiger partial charge in [-0.25, -0.2) is 0 Å². The van der Waals surface area contributed by atoms with Gasteiger partial charge in [-0.3, -0.25) is 0 Å². The molecule has 0 aromatic rings. The smallest absolute Gasteiger partial charge is 0.105 e. The zero-order valence-electron chi connectivity index (χ0n) is 5.89. The lowest BCUT2D eigenvalue weighted by Gasteiger charge is -2.16. The highest BCUT2D eigenvalue weighted by molar-refractivity contribution is 9.10. The largest absolute Gasteiger partial charge is 0.108 e. The summed E-state index contributed by atoms with van der Waals surface area (Å²) in [5, 5.41) is 0. The molecule has 0 bridgehead atoms. The van der Waals surface area contributed by atoms with E-state index in [4.69, 9.17) is 0 Å². The molecule has 0 N–H and O–H groups in total. The summed E-state index contributed by atoms with van der Waals surface area (Å²) in [5.74, 6) is 5.99. The van der Waals surface area contributed by atoms with Crippen molar-refractivity contribution >= 4 is 15.9 Å². The molecule has 0 spiro atoms. The molecule has 1 heteroatoms. The Kier molecular flexibility index (Phi) is 2.34. The molecule has 52 valence electrons. The number of rotatable bonds is 0. The first kappa shape index (κ1) is 7.63. The molecule has 0 heterocycles. The molecule has 0 nitrogen and oxygen atoms in total. The van der Waals surface area contributed by atoms with Gasteiger partial charge in [0.15, 0.2) is 0 Å². The Morgan fingerprint density at radius 2 is 2.30 bits per heavy atom.